The summed E-state index contributed by atoms with van der Waals surface area (Å²) in [4.78, 5) is 11.9. The molecule has 2 aliphatic rings. The summed E-state index contributed by atoms with van der Waals surface area (Å²) >= 11 is 0. The zero-order valence-electron chi connectivity index (χ0n) is 13.2. The van der Waals surface area contributed by atoms with Crippen molar-refractivity contribution in [1.29, 1.82) is 0 Å². The van der Waals surface area contributed by atoms with Gasteiger partial charge >= 0.3 is 0 Å². The average Bonchev–Trinajstić information content (AvgIpc) is 2.37. The molecule has 0 spiro atoms. The molecule has 2 fully saturated rings. The molecule has 1 heteroatoms. The van der Waals surface area contributed by atoms with E-state index in [1.165, 1.54) is 6.42 Å². The van der Waals surface area contributed by atoms with Crippen LogP contribution in [0.3, 0.4) is 0 Å². The Labute approximate surface area is 113 Å². The van der Waals surface area contributed by atoms with Crippen molar-refractivity contribution in [2.75, 3.05) is 0 Å². The summed E-state index contributed by atoms with van der Waals surface area (Å²) in [5, 5.41) is 0. The molecule has 2 saturated carbocycles. The summed E-state index contributed by atoms with van der Waals surface area (Å²) in [7, 11) is 0. The van der Waals surface area contributed by atoms with Crippen LogP contribution < -0.4 is 0 Å². The first kappa shape index (κ1) is 14.1. The SMILES string of the molecule is CC(=O)C1CC2C(CC1C)C(C)(C)C(C)C2(C)C. The number of carbonyl (C=O) groups is 1. The highest BCUT2D eigenvalue weighted by Gasteiger charge is 2.59. The van der Waals surface area contributed by atoms with Gasteiger partial charge in [-0.15, -0.1) is 0 Å². The van der Waals surface area contributed by atoms with Gasteiger partial charge in [-0.05, 0) is 54.3 Å². The van der Waals surface area contributed by atoms with E-state index in [-0.39, 0.29) is 0 Å². The Balaban J connectivity index is 2.34. The summed E-state index contributed by atoms with van der Waals surface area (Å²) in [6.45, 7) is 16.3. The van der Waals surface area contributed by atoms with Gasteiger partial charge in [-0.2, -0.15) is 0 Å². The topological polar surface area (TPSA) is 17.1 Å². The maximum atomic E-state index is 11.9. The van der Waals surface area contributed by atoms with E-state index in [0.29, 0.717) is 28.4 Å². The fourth-order valence-electron chi connectivity index (χ4n) is 5.21. The fourth-order valence-corrected chi connectivity index (χ4v) is 5.21. The highest BCUT2D eigenvalue weighted by atomic mass is 16.1. The molecule has 5 atom stereocenters. The predicted octanol–water partition coefficient (Wildman–Crippen LogP) is 4.56. The smallest absolute Gasteiger partial charge is 0.133 e. The lowest BCUT2D eigenvalue weighted by Gasteiger charge is -2.43. The molecule has 0 aromatic heterocycles. The number of fused-ring (bicyclic) bond motifs is 1. The Kier molecular flexibility index (Phi) is 3.19. The van der Waals surface area contributed by atoms with Crippen LogP contribution in [0.5, 0.6) is 0 Å². The molecular weight excluding hydrogens is 220 g/mol. The Morgan fingerprint density at radius 1 is 0.944 bits per heavy atom. The molecule has 2 rings (SSSR count). The Morgan fingerprint density at radius 3 is 1.83 bits per heavy atom. The molecular formula is C17H30O. The summed E-state index contributed by atoms with van der Waals surface area (Å²) in [5.41, 5.74) is 0.798. The van der Waals surface area contributed by atoms with Gasteiger partial charge < -0.3 is 0 Å². The van der Waals surface area contributed by atoms with E-state index in [2.05, 4.69) is 41.5 Å². The quantitative estimate of drug-likeness (QED) is 0.667. The molecule has 18 heavy (non-hydrogen) atoms. The minimum absolute atomic E-state index is 0.312. The lowest BCUT2D eigenvalue weighted by Crippen LogP contribution is -2.38. The van der Waals surface area contributed by atoms with Gasteiger partial charge in [0.25, 0.3) is 0 Å². The lowest BCUT2D eigenvalue weighted by molar-refractivity contribution is -0.125. The van der Waals surface area contributed by atoms with E-state index in [1.807, 2.05) is 0 Å². The first-order valence-electron chi connectivity index (χ1n) is 7.60. The van der Waals surface area contributed by atoms with Crippen LogP contribution in [-0.4, -0.2) is 5.78 Å². The molecule has 104 valence electrons. The van der Waals surface area contributed by atoms with Crippen molar-refractivity contribution in [3.63, 3.8) is 0 Å². The highest BCUT2D eigenvalue weighted by Crippen LogP contribution is 2.65. The van der Waals surface area contributed by atoms with E-state index >= 15 is 0 Å². The van der Waals surface area contributed by atoms with Crippen LogP contribution in [0.2, 0.25) is 0 Å². The van der Waals surface area contributed by atoms with Crippen molar-refractivity contribution in [2.24, 2.45) is 40.4 Å². The number of Topliss-reactive ketones (excluding diaryl/α,β-unsaturated/α-hetero) is 1. The lowest BCUT2D eigenvalue weighted by atomic mass is 9.61. The van der Waals surface area contributed by atoms with Crippen molar-refractivity contribution in [1.82, 2.24) is 0 Å². The van der Waals surface area contributed by atoms with Crippen LogP contribution in [0, 0.1) is 40.4 Å². The predicted molar refractivity (Wildman–Crippen MR) is 76.3 cm³/mol. The normalized spacial score (nSPS) is 45.6. The Bertz CT molecular complexity index is 353. The van der Waals surface area contributed by atoms with Crippen LogP contribution in [0.4, 0.5) is 0 Å². The van der Waals surface area contributed by atoms with Gasteiger partial charge in [0.2, 0.25) is 0 Å². The zero-order valence-corrected chi connectivity index (χ0v) is 13.2. The first-order valence-corrected chi connectivity index (χ1v) is 7.60. The Morgan fingerprint density at radius 2 is 1.39 bits per heavy atom. The van der Waals surface area contributed by atoms with Gasteiger partial charge in [-0.3, -0.25) is 4.79 Å². The number of ketones is 1. The molecule has 1 nitrogen and oxygen atoms in total. The third kappa shape index (κ3) is 1.77. The summed E-state index contributed by atoms with van der Waals surface area (Å²) < 4.78 is 0. The second kappa shape index (κ2) is 4.08. The molecule has 5 unspecified atom stereocenters. The second-order valence-corrected chi connectivity index (χ2v) is 8.24. The van der Waals surface area contributed by atoms with Gasteiger partial charge in [0.05, 0.1) is 0 Å². The van der Waals surface area contributed by atoms with Crippen LogP contribution >= 0.6 is 0 Å². The maximum Gasteiger partial charge on any atom is 0.133 e. The van der Waals surface area contributed by atoms with Crippen LogP contribution in [0.25, 0.3) is 0 Å². The van der Waals surface area contributed by atoms with Crippen molar-refractivity contribution < 1.29 is 4.79 Å². The van der Waals surface area contributed by atoms with E-state index in [0.717, 1.165) is 24.2 Å². The van der Waals surface area contributed by atoms with Crippen LogP contribution in [-0.2, 0) is 4.79 Å². The van der Waals surface area contributed by atoms with E-state index in [4.69, 9.17) is 0 Å². The van der Waals surface area contributed by atoms with Gasteiger partial charge in [0.1, 0.15) is 5.78 Å². The first-order chi connectivity index (χ1) is 8.10. The van der Waals surface area contributed by atoms with Crippen molar-refractivity contribution in [3.8, 4) is 0 Å². The molecule has 0 aromatic carbocycles. The number of hydrogen-bond donors (Lipinski definition) is 0. The molecule has 0 N–H and O–H groups in total. The minimum Gasteiger partial charge on any atom is -0.300 e. The third-order valence-electron chi connectivity index (χ3n) is 6.97. The standard InChI is InChI=1S/C17H30O/c1-10-8-14-15(9-13(10)11(2)18)17(6,7)12(3)16(14,4)5/h10,12-15H,8-9H2,1-7H3. The highest BCUT2D eigenvalue weighted by molar-refractivity contribution is 5.78. The monoisotopic (exact) mass is 250 g/mol. The van der Waals surface area contributed by atoms with Crippen molar-refractivity contribution in [3.05, 3.63) is 0 Å². The van der Waals surface area contributed by atoms with Gasteiger partial charge in [-0.1, -0.05) is 41.5 Å². The number of hydrogen-bond acceptors (Lipinski definition) is 1. The molecule has 0 aromatic rings. The van der Waals surface area contributed by atoms with Crippen LogP contribution in [0.15, 0.2) is 0 Å². The van der Waals surface area contributed by atoms with Gasteiger partial charge in [-0.25, -0.2) is 0 Å². The molecule has 0 aliphatic heterocycles. The number of carbonyl (C=O) groups excluding carboxylic acids is 1. The molecule has 0 saturated heterocycles. The van der Waals surface area contributed by atoms with Gasteiger partial charge in [0, 0.05) is 5.92 Å². The Hall–Kier alpha value is -0.330. The van der Waals surface area contributed by atoms with Gasteiger partial charge in [0.15, 0.2) is 0 Å². The van der Waals surface area contributed by atoms with E-state index in [1.54, 1.807) is 6.92 Å². The van der Waals surface area contributed by atoms with Crippen molar-refractivity contribution >= 4 is 5.78 Å². The average molecular weight is 250 g/mol. The largest absolute Gasteiger partial charge is 0.300 e. The van der Waals surface area contributed by atoms with Crippen LogP contribution in [0.1, 0.15) is 61.3 Å². The summed E-state index contributed by atoms with van der Waals surface area (Å²) in [5.74, 6) is 3.56. The van der Waals surface area contributed by atoms with E-state index in [9.17, 15) is 4.79 Å². The van der Waals surface area contributed by atoms with E-state index < -0.39 is 0 Å². The number of rotatable bonds is 1. The second-order valence-electron chi connectivity index (χ2n) is 8.24. The summed E-state index contributed by atoms with van der Waals surface area (Å²) in [6.07, 6.45) is 2.37. The molecule has 0 bridgehead atoms. The van der Waals surface area contributed by atoms with Crippen molar-refractivity contribution in [2.45, 2.75) is 61.3 Å². The molecule has 0 heterocycles. The minimum atomic E-state index is 0.312. The molecule has 2 aliphatic carbocycles. The fraction of sp³-hybridized carbons (Fsp3) is 0.941. The maximum absolute atomic E-state index is 11.9. The zero-order chi connectivity index (χ0) is 13.9. The molecule has 0 amide bonds. The summed E-state index contributed by atoms with van der Waals surface area (Å²) in [6, 6.07) is 0. The molecule has 0 radical (unpaired) electrons. The third-order valence-corrected chi connectivity index (χ3v) is 6.97.